The van der Waals surface area contributed by atoms with E-state index in [2.05, 4.69) is 0 Å². The van der Waals surface area contributed by atoms with Crippen molar-refractivity contribution in [2.45, 2.75) is 44.6 Å². The quantitative estimate of drug-likeness (QED) is 0.766. The van der Waals surface area contributed by atoms with Crippen molar-refractivity contribution < 1.29 is 19.3 Å². The molecule has 4 nitrogen and oxygen atoms in total. The van der Waals surface area contributed by atoms with Crippen LogP contribution >= 0.6 is 0 Å². The largest absolute Gasteiger partial charge is 0.394 e. The number of aliphatic hydroxyl groups excluding tert-OH is 1. The molecule has 4 heteroatoms. The smallest absolute Gasteiger partial charge is 0.0806 e. The van der Waals surface area contributed by atoms with E-state index in [-0.39, 0.29) is 12.7 Å². The summed E-state index contributed by atoms with van der Waals surface area (Å²) in [5, 5.41) is 8.44. The van der Waals surface area contributed by atoms with Crippen LogP contribution in [-0.4, -0.2) is 50.9 Å². The number of rotatable bonds is 1. The number of ether oxygens (including phenoxy) is 3. The van der Waals surface area contributed by atoms with Gasteiger partial charge in [-0.3, -0.25) is 0 Å². The van der Waals surface area contributed by atoms with Gasteiger partial charge in [0.2, 0.25) is 0 Å². The molecule has 0 aliphatic carbocycles. The fourth-order valence-electron chi connectivity index (χ4n) is 1.81. The van der Waals surface area contributed by atoms with Crippen LogP contribution in [0.5, 0.6) is 0 Å². The summed E-state index contributed by atoms with van der Waals surface area (Å²) < 4.78 is 14.9. The Hall–Kier alpha value is -0.160. The van der Waals surface area contributed by atoms with Crippen LogP contribution in [0.4, 0.5) is 0 Å². The van der Waals surface area contributed by atoms with Crippen molar-refractivity contribution in [3.05, 3.63) is 0 Å². The molecule has 102 valence electrons. The van der Waals surface area contributed by atoms with Crippen LogP contribution < -0.4 is 0 Å². The van der Waals surface area contributed by atoms with Gasteiger partial charge in [0.1, 0.15) is 0 Å². The summed E-state index contributed by atoms with van der Waals surface area (Å²) in [6.07, 6.45) is 7.42. The van der Waals surface area contributed by atoms with Gasteiger partial charge in [0.25, 0.3) is 0 Å². The Kier molecular flexibility index (Phi) is 9.61. The standard InChI is InChI=1S/C5H10O2.2C4H8O/c6-4-5-2-1-3-7-5;2*1-2-4-5-3-1/h5-6H,1-4H2;2*1-4H2. The van der Waals surface area contributed by atoms with Gasteiger partial charge in [-0.25, -0.2) is 0 Å². The van der Waals surface area contributed by atoms with Gasteiger partial charge in [-0.2, -0.15) is 0 Å². The Morgan fingerprint density at radius 1 is 0.765 bits per heavy atom. The Bertz CT molecular complexity index is 124. The highest BCUT2D eigenvalue weighted by atomic mass is 16.5. The van der Waals surface area contributed by atoms with E-state index in [0.717, 1.165) is 45.9 Å². The molecule has 0 bridgehead atoms. The van der Waals surface area contributed by atoms with Crippen LogP contribution in [0.3, 0.4) is 0 Å². The predicted octanol–water partition coefficient (Wildman–Crippen LogP) is 1.75. The minimum absolute atomic E-state index is 0.153. The van der Waals surface area contributed by atoms with E-state index in [9.17, 15) is 0 Å². The van der Waals surface area contributed by atoms with Crippen molar-refractivity contribution in [3.63, 3.8) is 0 Å². The minimum Gasteiger partial charge on any atom is -0.394 e. The van der Waals surface area contributed by atoms with Crippen LogP contribution in [0.15, 0.2) is 0 Å². The van der Waals surface area contributed by atoms with Gasteiger partial charge in [-0.05, 0) is 38.5 Å². The van der Waals surface area contributed by atoms with Gasteiger partial charge >= 0.3 is 0 Å². The molecule has 1 atom stereocenters. The van der Waals surface area contributed by atoms with Crippen molar-refractivity contribution in [2.75, 3.05) is 39.6 Å². The maximum absolute atomic E-state index is 8.44. The molecule has 3 aliphatic heterocycles. The van der Waals surface area contributed by atoms with E-state index in [0.29, 0.717) is 0 Å². The lowest BCUT2D eigenvalue weighted by atomic mass is 10.2. The molecule has 0 amide bonds. The summed E-state index contributed by atoms with van der Waals surface area (Å²) in [5.41, 5.74) is 0. The maximum Gasteiger partial charge on any atom is 0.0806 e. The van der Waals surface area contributed by atoms with Gasteiger partial charge in [-0.1, -0.05) is 0 Å². The lowest BCUT2D eigenvalue weighted by molar-refractivity contribution is 0.0591. The monoisotopic (exact) mass is 246 g/mol. The maximum atomic E-state index is 8.44. The van der Waals surface area contributed by atoms with Crippen LogP contribution in [0.1, 0.15) is 38.5 Å². The lowest BCUT2D eigenvalue weighted by Gasteiger charge is -2.00. The first kappa shape index (κ1) is 14.9. The van der Waals surface area contributed by atoms with E-state index in [4.69, 9.17) is 19.3 Å². The SMILES string of the molecule is C1CCOC1.C1CCOC1.OCC1CCCO1. The second kappa shape index (κ2) is 11.0. The third-order valence-electron chi connectivity index (χ3n) is 2.88. The Morgan fingerprint density at radius 2 is 1.29 bits per heavy atom. The molecule has 17 heavy (non-hydrogen) atoms. The van der Waals surface area contributed by atoms with Gasteiger partial charge in [0, 0.05) is 33.0 Å². The first-order valence-electron chi connectivity index (χ1n) is 6.81. The molecule has 0 saturated carbocycles. The van der Waals surface area contributed by atoms with E-state index >= 15 is 0 Å². The summed E-state index contributed by atoms with van der Waals surface area (Å²) in [5.74, 6) is 0. The Labute approximate surface area is 104 Å². The molecule has 0 radical (unpaired) electrons. The summed E-state index contributed by atoms with van der Waals surface area (Å²) in [6, 6.07) is 0. The zero-order chi connectivity index (χ0) is 12.2. The normalized spacial score (nSPS) is 27.0. The average Bonchev–Trinajstić information content (AvgIpc) is 3.13. The number of hydrogen-bond donors (Lipinski definition) is 1. The second-order valence-electron chi connectivity index (χ2n) is 4.46. The van der Waals surface area contributed by atoms with Gasteiger partial charge in [-0.15, -0.1) is 0 Å². The molecule has 3 heterocycles. The highest BCUT2D eigenvalue weighted by molar-refractivity contribution is 4.61. The van der Waals surface area contributed by atoms with Crippen LogP contribution in [0, 0.1) is 0 Å². The predicted molar refractivity (Wildman–Crippen MR) is 66.2 cm³/mol. The Balaban J connectivity index is 0.000000130. The molecule has 0 aromatic rings. The average molecular weight is 246 g/mol. The molecule has 3 aliphatic rings. The zero-order valence-corrected chi connectivity index (χ0v) is 10.7. The van der Waals surface area contributed by atoms with Crippen LogP contribution in [0.2, 0.25) is 0 Å². The summed E-state index contributed by atoms with van der Waals surface area (Å²) in [4.78, 5) is 0. The second-order valence-corrected chi connectivity index (χ2v) is 4.46. The van der Waals surface area contributed by atoms with Crippen molar-refractivity contribution in [2.24, 2.45) is 0 Å². The first-order valence-corrected chi connectivity index (χ1v) is 6.81. The molecular formula is C13H26O4. The van der Waals surface area contributed by atoms with Crippen molar-refractivity contribution in [1.29, 1.82) is 0 Å². The molecule has 1 unspecified atom stereocenters. The number of hydrogen-bond acceptors (Lipinski definition) is 4. The van der Waals surface area contributed by atoms with E-state index in [1.54, 1.807) is 0 Å². The molecule has 3 fully saturated rings. The van der Waals surface area contributed by atoms with Crippen LogP contribution in [-0.2, 0) is 14.2 Å². The lowest BCUT2D eigenvalue weighted by Crippen LogP contribution is -2.09. The Morgan fingerprint density at radius 3 is 1.47 bits per heavy atom. The first-order chi connectivity index (χ1) is 8.43. The third kappa shape index (κ3) is 8.55. The van der Waals surface area contributed by atoms with Gasteiger partial charge in [0.15, 0.2) is 0 Å². The highest BCUT2D eigenvalue weighted by Crippen LogP contribution is 2.09. The topological polar surface area (TPSA) is 47.9 Å². The summed E-state index contributed by atoms with van der Waals surface area (Å²) in [6.45, 7) is 5.03. The van der Waals surface area contributed by atoms with Crippen molar-refractivity contribution >= 4 is 0 Å². The zero-order valence-electron chi connectivity index (χ0n) is 10.7. The van der Waals surface area contributed by atoms with Gasteiger partial charge < -0.3 is 19.3 Å². The molecule has 3 rings (SSSR count). The fraction of sp³-hybridized carbons (Fsp3) is 1.00. The highest BCUT2D eigenvalue weighted by Gasteiger charge is 2.12. The van der Waals surface area contributed by atoms with Crippen molar-refractivity contribution in [1.82, 2.24) is 0 Å². The molecule has 0 aromatic heterocycles. The number of aliphatic hydroxyl groups is 1. The third-order valence-corrected chi connectivity index (χ3v) is 2.88. The summed E-state index contributed by atoms with van der Waals surface area (Å²) >= 11 is 0. The van der Waals surface area contributed by atoms with E-state index < -0.39 is 0 Å². The molecule has 1 N–H and O–H groups in total. The molecule has 3 saturated heterocycles. The molecule has 0 spiro atoms. The minimum atomic E-state index is 0.153. The fourth-order valence-corrected chi connectivity index (χ4v) is 1.81. The van der Waals surface area contributed by atoms with E-state index in [1.165, 1.54) is 25.7 Å². The van der Waals surface area contributed by atoms with Crippen LogP contribution in [0.25, 0.3) is 0 Å². The molecular weight excluding hydrogens is 220 g/mol. The molecule has 0 aromatic carbocycles. The summed E-state index contributed by atoms with van der Waals surface area (Å²) in [7, 11) is 0. The van der Waals surface area contributed by atoms with Crippen molar-refractivity contribution in [3.8, 4) is 0 Å². The van der Waals surface area contributed by atoms with E-state index in [1.807, 2.05) is 0 Å². The van der Waals surface area contributed by atoms with Gasteiger partial charge in [0.05, 0.1) is 12.7 Å².